The van der Waals surface area contributed by atoms with E-state index >= 15 is 0 Å². The lowest BCUT2D eigenvalue weighted by atomic mass is 10.1. The Hall–Kier alpha value is -1.88. The quantitative estimate of drug-likeness (QED) is 0.924. The molecule has 1 aliphatic heterocycles. The van der Waals surface area contributed by atoms with Crippen LogP contribution in [0.25, 0.3) is 11.3 Å². The van der Waals surface area contributed by atoms with Gasteiger partial charge >= 0.3 is 0 Å². The molecule has 1 saturated heterocycles. The highest BCUT2D eigenvalue weighted by atomic mass is 15.2. The SMILES string of the molecule is Nc1ccc(-c2cncn2CCN2CCCCC2)cn1. The Morgan fingerprint density at radius 2 is 1.90 bits per heavy atom. The summed E-state index contributed by atoms with van der Waals surface area (Å²) >= 11 is 0. The predicted octanol–water partition coefficient (Wildman–Crippen LogP) is 2.01. The van der Waals surface area contributed by atoms with Crippen LogP contribution < -0.4 is 5.73 Å². The van der Waals surface area contributed by atoms with E-state index in [2.05, 4.69) is 19.4 Å². The molecule has 2 aromatic rings. The predicted molar refractivity (Wildman–Crippen MR) is 80.2 cm³/mol. The molecule has 5 heteroatoms. The number of aromatic nitrogens is 3. The van der Waals surface area contributed by atoms with Crippen LogP contribution in [-0.4, -0.2) is 39.1 Å². The van der Waals surface area contributed by atoms with Crippen molar-refractivity contribution in [2.75, 3.05) is 25.4 Å². The Balaban J connectivity index is 1.68. The number of nitrogens with zero attached hydrogens (tertiary/aromatic N) is 4. The van der Waals surface area contributed by atoms with Crippen LogP contribution >= 0.6 is 0 Å². The number of nitrogens with two attached hydrogens (primary N) is 1. The number of likely N-dealkylation sites (tertiary alicyclic amines) is 1. The topological polar surface area (TPSA) is 60.0 Å². The normalized spacial score (nSPS) is 16.4. The lowest BCUT2D eigenvalue weighted by Crippen LogP contribution is -2.32. The van der Waals surface area contributed by atoms with E-state index in [4.69, 9.17) is 5.73 Å². The van der Waals surface area contributed by atoms with Gasteiger partial charge < -0.3 is 15.2 Å². The van der Waals surface area contributed by atoms with Crippen LogP contribution in [0.15, 0.2) is 30.9 Å². The molecule has 0 unspecified atom stereocenters. The maximum atomic E-state index is 5.63. The van der Waals surface area contributed by atoms with Crippen molar-refractivity contribution in [1.29, 1.82) is 0 Å². The highest BCUT2D eigenvalue weighted by Crippen LogP contribution is 2.19. The minimum atomic E-state index is 0.549. The number of anilines is 1. The largest absolute Gasteiger partial charge is 0.384 e. The van der Waals surface area contributed by atoms with E-state index in [1.54, 1.807) is 0 Å². The first-order valence-corrected chi connectivity index (χ1v) is 7.27. The van der Waals surface area contributed by atoms with Gasteiger partial charge in [-0.3, -0.25) is 0 Å². The molecule has 0 aromatic carbocycles. The van der Waals surface area contributed by atoms with Crippen LogP contribution in [0.2, 0.25) is 0 Å². The van der Waals surface area contributed by atoms with Gasteiger partial charge in [0.1, 0.15) is 5.82 Å². The summed E-state index contributed by atoms with van der Waals surface area (Å²) in [7, 11) is 0. The molecule has 1 aliphatic rings. The Labute approximate surface area is 119 Å². The molecular weight excluding hydrogens is 250 g/mol. The molecule has 1 fully saturated rings. The number of hydrogen-bond acceptors (Lipinski definition) is 4. The van der Waals surface area contributed by atoms with Crippen LogP contribution in [0.5, 0.6) is 0 Å². The number of nitrogen functional groups attached to an aromatic ring is 1. The van der Waals surface area contributed by atoms with Crippen molar-refractivity contribution in [2.45, 2.75) is 25.8 Å². The van der Waals surface area contributed by atoms with Gasteiger partial charge in [-0.25, -0.2) is 9.97 Å². The van der Waals surface area contributed by atoms with E-state index in [-0.39, 0.29) is 0 Å². The van der Waals surface area contributed by atoms with Crippen LogP contribution in [0, 0.1) is 0 Å². The fourth-order valence-electron chi connectivity index (χ4n) is 2.73. The maximum absolute atomic E-state index is 5.63. The van der Waals surface area contributed by atoms with Gasteiger partial charge in [-0.15, -0.1) is 0 Å². The Morgan fingerprint density at radius 1 is 1.05 bits per heavy atom. The third-order valence-electron chi connectivity index (χ3n) is 3.90. The number of piperidine rings is 1. The monoisotopic (exact) mass is 271 g/mol. The number of pyridine rings is 1. The first-order valence-electron chi connectivity index (χ1n) is 7.27. The summed E-state index contributed by atoms with van der Waals surface area (Å²) in [5, 5.41) is 0. The lowest BCUT2D eigenvalue weighted by molar-refractivity contribution is 0.221. The molecule has 0 bridgehead atoms. The highest BCUT2D eigenvalue weighted by Gasteiger charge is 2.11. The second-order valence-electron chi connectivity index (χ2n) is 5.35. The molecule has 0 amide bonds. The summed E-state index contributed by atoms with van der Waals surface area (Å²) in [6, 6.07) is 3.83. The highest BCUT2D eigenvalue weighted by molar-refractivity contribution is 5.59. The second-order valence-corrected chi connectivity index (χ2v) is 5.35. The van der Waals surface area contributed by atoms with Crippen molar-refractivity contribution in [3.05, 3.63) is 30.9 Å². The van der Waals surface area contributed by atoms with E-state index in [0.717, 1.165) is 24.3 Å². The van der Waals surface area contributed by atoms with Crippen LogP contribution in [0.3, 0.4) is 0 Å². The molecule has 5 nitrogen and oxygen atoms in total. The van der Waals surface area contributed by atoms with Crippen molar-refractivity contribution in [3.63, 3.8) is 0 Å². The fraction of sp³-hybridized carbons (Fsp3) is 0.467. The summed E-state index contributed by atoms with van der Waals surface area (Å²) in [6.07, 6.45) is 9.64. The number of rotatable bonds is 4. The zero-order valence-electron chi connectivity index (χ0n) is 11.7. The summed E-state index contributed by atoms with van der Waals surface area (Å²) in [5.74, 6) is 0.549. The molecule has 0 radical (unpaired) electrons. The molecule has 106 valence electrons. The van der Waals surface area contributed by atoms with E-state index in [1.807, 2.05) is 30.9 Å². The summed E-state index contributed by atoms with van der Waals surface area (Å²) < 4.78 is 2.20. The zero-order valence-corrected chi connectivity index (χ0v) is 11.7. The van der Waals surface area contributed by atoms with Gasteiger partial charge in [0.2, 0.25) is 0 Å². The fourth-order valence-corrected chi connectivity index (χ4v) is 2.73. The van der Waals surface area contributed by atoms with Crippen molar-refractivity contribution in [2.24, 2.45) is 0 Å². The van der Waals surface area contributed by atoms with Gasteiger partial charge in [-0.1, -0.05) is 6.42 Å². The number of hydrogen-bond donors (Lipinski definition) is 1. The average molecular weight is 271 g/mol. The zero-order chi connectivity index (χ0) is 13.8. The first kappa shape index (κ1) is 13.1. The van der Waals surface area contributed by atoms with Crippen molar-refractivity contribution >= 4 is 5.82 Å². The molecule has 0 spiro atoms. The molecule has 3 rings (SSSR count). The second kappa shape index (κ2) is 6.05. The molecule has 2 aromatic heterocycles. The van der Waals surface area contributed by atoms with Gasteiger partial charge in [-0.2, -0.15) is 0 Å². The lowest BCUT2D eigenvalue weighted by Gasteiger charge is -2.26. The average Bonchev–Trinajstić information content (AvgIpc) is 2.95. The van der Waals surface area contributed by atoms with E-state index in [1.165, 1.54) is 32.4 Å². The Bertz CT molecular complexity index is 540. The minimum Gasteiger partial charge on any atom is -0.384 e. The molecule has 0 saturated carbocycles. The molecule has 2 N–H and O–H groups in total. The third kappa shape index (κ3) is 2.99. The minimum absolute atomic E-state index is 0.549. The Kier molecular flexibility index (Phi) is 3.97. The summed E-state index contributed by atoms with van der Waals surface area (Å²) in [6.45, 7) is 4.52. The van der Waals surface area contributed by atoms with Crippen molar-refractivity contribution in [1.82, 2.24) is 19.4 Å². The van der Waals surface area contributed by atoms with Crippen LogP contribution in [0.4, 0.5) is 5.82 Å². The molecule has 0 atom stereocenters. The molecule has 3 heterocycles. The maximum Gasteiger partial charge on any atom is 0.123 e. The van der Waals surface area contributed by atoms with Gasteiger partial charge in [0.05, 0.1) is 18.2 Å². The standard InChI is InChI=1S/C15H21N5/c16-15-5-4-13(10-18-15)14-11-17-12-20(14)9-8-19-6-2-1-3-7-19/h4-5,10-12H,1-3,6-9H2,(H2,16,18). The molecule has 0 aliphatic carbocycles. The van der Waals surface area contributed by atoms with Gasteiger partial charge in [-0.05, 0) is 38.1 Å². The molecule has 20 heavy (non-hydrogen) atoms. The van der Waals surface area contributed by atoms with Crippen LogP contribution in [0.1, 0.15) is 19.3 Å². The van der Waals surface area contributed by atoms with Crippen molar-refractivity contribution < 1.29 is 0 Å². The van der Waals surface area contributed by atoms with Crippen molar-refractivity contribution in [3.8, 4) is 11.3 Å². The smallest absolute Gasteiger partial charge is 0.123 e. The van der Waals surface area contributed by atoms with E-state index in [9.17, 15) is 0 Å². The van der Waals surface area contributed by atoms with Gasteiger partial charge in [0, 0.05) is 24.8 Å². The Morgan fingerprint density at radius 3 is 2.65 bits per heavy atom. The van der Waals surface area contributed by atoms with E-state index < -0.39 is 0 Å². The van der Waals surface area contributed by atoms with Gasteiger partial charge in [0.15, 0.2) is 0 Å². The van der Waals surface area contributed by atoms with E-state index in [0.29, 0.717) is 5.82 Å². The third-order valence-corrected chi connectivity index (χ3v) is 3.90. The van der Waals surface area contributed by atoms with Gasteiger partial charge in [0.25, 0.3) is 0 Å². The number of imidazole rings is 1. The summed E-state index contributed by atoms with van der Waals surface area (Å²) in [4.78, 5) is 11.0. The van der Waals surface area contributed by atoms with Crippen LogP contribution in [-0.2, 0) is 6.54 Å². The first-order chi connectivity index (χ1) is 9.83. The summed E-state index contributed by atoms with van der Waals surface area (Å²) in [5.41, 5.74) is 7.81. The molecular formula is C15H21N5.